The number of nitrogens with one attached hydrogen (secondary N) is 3. The Labute approximate surface area is 300 Å². The number of benzene rings is 2. The molecule has 3 aliphatic heterocycles. The van der Waals surface area contributed by atoms with Gasteiger partial charge in [-0.3, -0.25) is 29.1 Å². The molecule has 2 fully saturated rings. The number of allylic oxidation sites excluding steroid dienone is 1. The first kappa shape index (κ1) is 35.4. The Morgan fingerprint density at radius 3 is 2.55 bits per heavy atom. The normalized spacial score (nSPS) is 20.0. The molecule has 0 aliphatic carbocycles. The number of aromatic hydroxyl groups is 1. The second kappa shape index (κ2) is 15.6. The van der Waals surface area contributed by atoms with Crippen LogP contribution in [0.15, 0.2) is 101 Å². The summed E-state index contributed by atoms with van der Waals surface area (Å²) < 4.78 is 14.0. The molecule has 0 saturated carbocycles. The highest BCUT2D eigenvalue weighted by Crippen LogP contribution is 2.47. The molecule has 12 nitrogen and oxygen atoms in total. The fraction of sp³-hybridized carbons (Fsp3) is 0.222. The number of amides is 4. The van der Waals surface area contributed by atoms with E-state index in [-0.39, 0.29) is 52.8 Å². The number of aliphatic carboxylic acids is 1. The number of phenols is 1. The fourth-order valence-electron chi connectivity index (χ4n) is 6.20. The van der Waals surface area contributed by atoms with Crippen LogP contribution in [0.2, 0.25) is 0 Å². The predicted molar refractivity (Wildman–Crippen MR) is 191 cm³/mol. The number of pyridine rings is 1. The number of rotatable bonds is 12. The second-order valence-electron chi connectivity index (χ2n) is 11.8. The largest absolute Gasteiger partial charge is 0.505 e. The van der Waals surface area contributed by atoms with Crippen LogP contribution in [0, 0.1) is 5.82 Å². The molecule has 15 heteroatoms. The third-order valence-electron chi connectivity index (χ3n) is 8.52. The third kappa shape index (κ3) is 7.84. The van der Waals surface area contributed by atoms with Crippen molar-refractivity contribution in [3.05, 3.63) is 118 Å². The van der Waals surface area contributed by atoms with Crippen molar-refractivity contribution in [1.29, 1.82) is 0 Å². The van der Waals surface area contributed by atoms with E-state index < -0.39 is 52.6 Å². The van der Waals surface area contributed by atoms with E-state index in [1.54, 1.807) is 17.5 Å². The first-order valence-corrected chi connectivity index (χ1v) is 18.0. The highest BCUT2D eigenvalue weighted by molar-refractivity contribution is 8.02. The summed E-state index contributed by atoms with van der Waals surface area (Å²) in [4.78, 5) is 71.3. The van der Waals surface area contributed by atoms with Crippen LogP contribution in [0.25, 0.3) is 6.08 Å². The minimum Gasteiger partial charge on any atom is -0.505 e. The van der Waals surface area contributed by atoms with E-state index in [1.165, 1.54) is 42.0 Å². The lowest BCUT2D eigenvalue weighted by molar-refractivity contribution is -0.150. The summed E-state index contributed by atoms with van der Waals surface area (Å²) in [7, 11) is 0. The number of phenolic OH excluding ortho intramolecular Hbond substituents is 1. The smallest absolute Gasteiger partial charge is 0.352 e. The molecule has 1 aromatic heterocycles. The lowest BCUT2D eigenvalue weighted by atomic mass is 9.80. The fourth-order valence-corrected chi connectivity index (χ4v) is 8.15. The standard InChI is InChI=1S/C36H32FN5O7S2/c37-26-16-22(6-7-27(26)43)40-28(44)17-24(21-8-12-38-13-9-21)30(23-10-14-39-33(23)46)25-18-51-35-31(34(47)42(35)32(25)36(48)49)41-29(45)19-50-15-11-20-4-2-1-3-5-20/h1-9,11-13,15-16,24,31,35,43H,10,14,17-19H2,(H,39,46)(H,40,44)(H,41,45)(H,48,49)/t24?,31-,35-/m1/s1. The SMILES string of the molecule is O=C(CC(C(=C1CCNC1=O)C1=C(C(=O)O)N2C(=O)[C@@H](NC(=O)CSC=Cc3ccccc3)[C@H]2SC1)c1ccncc1)Nc1ccc(O)c(F)c1. The Morgan fingerprint density at radius 2 is 1.86 bits per heavy atom. The van der Waals surface area contributed by atoms with Gasteiger partial charge >= 0.3 is 5.97 Å². The van der Waals surface area contributed by atoms with Crippen molar-refractivity contribution < 1.29 is 38.6 Å². The number of carbonyl (C=O) groups is 5. The molecule has 2 saturated heterocycles. The summed E-state index contributed by atoms with van der Waals surface area (Å²) in [5, 5.41) is 29.3. The van der Waals surface area contributed by atoms with E-state index in [0.29, 0.717) is 17.7 Å². The summed E-state index contributed by atoms with van der Waals surface area (Å²) in [6.45, 7) is 0.292. The summed E-state index contributed by atoms with van der Waals surface area (Å²) in [5.41, 5.74) is 2.09. The maximum Gasteiger partial charge on any atom is 0.352 e. The molecule has 2 aromatic carbocycles. The minimum atomic E-state index is -1.40. The predicted octanol–water partition coefficient (Wildman–Crippen LogP) is 4.00. The van der Waals surface area contributed by atoms with Gasteiger partial charge in [-0.05, 0) is 64.4 Å². The number of hydrogen-bond donors (Lipinski definition) is 5. The Hall–Kier alpha value is -5.41. The topological polar surface area (TPSA) is 178 Å². The highest BCUT2D eigenvalue weighted by Gasteiger charge is 2.55. The van der Waals surface area contributed by atoms with Gasteiger partial charge in [-0.2, -0.15) is 0 Å². The molecule has 4 heterocycles. The van der Waals surface area contributed by atoms with E-state index in [1.807, 2.05) is 36.4 Å². The molecule has 0 spiro atoms. The van der Waals surface area contributed by atoms with Gasteiger partial charge in [0.15, 0.2) is 11.6 Å². The Kier molecular flexibility index (Phi) is 10.9. The van der Waals surface area contributed by atoms with Gasteiger partial charge in [0.2, 0.25) is 17.7 Å². The number of aromatic nitrogens is 1. The maximum absolute atomic E-state index is 14.0. The number of carboxylic acid groups (broad SMARTS) is 1. The van der Waals surface area contributed by atoms with Crippen LogP contribution in [0.3, 0.4) is 0 Å². The molecule has 6 rings (SSSR count). The van der Waals surface area contributed by atoms with Crippen LogP contribution >= 0.6 is 23.5 Å². The molecule has 3 aliphatic rings. The number of anilines is 1. The van der Waals surface area contributed by atoms with E-state index >= 15 is 0 Å². The third-order valence-corrected chi connectivity index (χ3v) is 10.6. The van der Waals surface area contributed by atoms with Crippen LogP contribution in [0.4, 0.5) is 10.1 Å². The van der Waals surface area contributed by atoms with Gasteiger partial charge in [-0.1, -0.05) is 30.3 Å². The first-order chi connectivity index (χ1) is 24.6. The number of carbonyl (C=O) groups excluding carboxylic acids is 4. The summed E-state index contributed by atoms with van der Waals surface area (Å²) in [5.74, 6) is -5.65. The zero-order valence-corrected chi connectivity index (χ0v) is 28.5. The van der Waals surface area contributed by atoms with Crippen molar-refractivity contribution in [2.45, 2.75) is 30.2 Å². The average Bonchev–Trinajstić information content (AvgIpc) is 3.55. The quantitative estimate of drug-likeness (QED) is 0.104. The highest BCUT2D eigenvalue weighted by atomic mass is 32.2. The van der Waals surface area contributed by atoms with Crippen molar-refractivity contribution in [2.75, 3.05) is 23.4 Å². The number of nitrogens with zero attached hydrogens (tertiary/aromatic N) is 2. The molecule has 1 unspecified atom stereocenters. The maximum atomic E-state index is 14.0. The van der Waals surface area contributed by atoms with Gasteiger partial charge < -0.3 is 26.2 Å². The lowest BCUT2D eigenvalue weighted by Gasteiger charge is -2.50. The van der Waals surface area contributed by atoms with Crippen LogP contribution in [-0.4, -0.2) is 79.2 Å². The van der Waals surface area contributed by atoms with E-state index in [4.69, 9.17) is 0 Å². The molecule has 262 valence electrons. The second-order valence-corrected chi connectivity index (χ2v) is 13.8. The number of carboxylic acids is 1. The molecule has 4 amide bonds. The Bertz CT molecular complexity index is 1970. The van der Waals surface area contributed by atoms with Crippen LogP contribution < -0.4 is 16.0 Å². The van der Waals surface area contributed by atoms with E-state index in [9.17, 15) is 38.6 Å². The molecular weight excluding hydrogens is 698 g/mol. The van der Waals surface area contributed by atoms with Crippen molar-refractivity contribution in [2.24, 2.45) is 0 Å². The number of hydrogen-bond acceptors (Lipinski definition) is 9. The number of halogens is 1. The number of thioether (sulfide) groups is 2. The van der Waals surface area contributed by atoms with Gasteiger partial charge in [-0.25, -0.2) is 9.18 Å². The average molecular weight is 730 g/mol. The summed E-state index contributed by atoms with van der Waals surface area (Å²) >= 11 is 2.51. The van der Waals surface area contributed by atoms with Gasteiger partial charge in [0.1, 0.15) is 17.1 Å². The summed E-state index contributed by atoms with van der Waals surface area (Å²) in [6.07, 6.45) is 4.84. The van der Waals surface area contributed by atoms with Crippen LogP contribution in [-0.2, 0) is 24.0 Å². The minimum absolute atomic E-state index is 0.0508. The van der Waals surface area contributed by atoms with Gasteiger partial charge in [0.05, 0.1) is 5.75 Å². The monoisotopic (exact) mass is 729 g/mol. The molecule has 3 atom stereocenters. The summed E-state index contributed by atoms with van der Waals surface area (Å²) in [6, 6.07) is 15.3. The number of fused-ring (bicyclic) bond motifs is 1. The van der Waals surface area contributed by atoms with Crippen LogP contribution in [0.1, 0.15) is 29.9 Å². The van der Waals surface area contributed by atoms with Gasteiger partial charge in [-0.15, -0.1) is 23.5 Å². The van der Waals surface area contributed by atoms with Crippen molar-refractivity contribution in [1.82, 2.24) is 20.5 Å². The zero-order valence-electron chi connectivity index (χ0n) is 26.9. The molecule has 0 bridgehead atoms. The molecule has 5 N–H and O–H groups in total. The zero-order chi connectivity index (χ0) is 36.1. The molecule has 51 heavy (non-hydrogen) atoms. The molecular formula is C36H32FN5O7S2. The molecule has 3 aromatic rings. The van der Waals surface area contributed by atoms with E-state index in [0.717, 1.165) is 22.6 Å². The number of β-lactam (4-membered cyclic amide) rings is 1. The van der Waals surface area contributed by atoms with Crippen molar-refractivity contribution in [3.63, 3.8) is 0 Å². The van der Waals surface area contributed by atoms with Gasteiger partial charge in [0.25, 0.3) is 5.91 Å². The molecule has 0 radical (unpaired) electrons. The van der Waals surface area contributed by atoms with Gasteiger partial charge in [0, 0.05) is 54.4 Å². The van der Waals surface area contributed by atoms with Crippen molar-refractivity contribution >= 4 is 64.9 Å². The lowest BCUT2D eigenvalue weighted by Crippen LogP contribution is -2.70. The first-order valence-electron chi connectivity index (χ1n) is 15.9. The Balaban J connectivity index is 1.28. The Morgan fingerprint density at radius 1 is 1.10 bits per heavy atom. The van der Waals surface area contributed by atoms with Crippen molar-refractivity contribution in [3.8, 4) is 5.75 Å². The van der Waals surface area contributed by atoms with Crippen LogP contribution in [0.5, 0.6) is 5.75 Å². The van der Waals surface area contributed by atoms with E-state index in [2.05, 4.69) is 20.9 Å².